The molecule has 0 spiro atoms. The fourth-order valence-corrected chi connectivity index (χ4v) is 3.53. The summed E-state index contributed by atoms with van der Waals surface area (Å²) in [6.45, 7) is 1.69. The molecule has 3 rings (SSSR count). The number of nitrogens with zero attached hydrogens (tertiary/aromatic N) is 4. The van der Waals surface area contributed by atoms with Crippen LogP contribution >= 0.6 is 0 Å². The molecule has 1 atom stereocenters. The molecule has 5 nitrogen and oxygen atoms in total. The van der Waals surface area contributed by atoms with Crippen LogP contribution in [0.25, 0.3) is 0 Å². The van der Waals surface area contributed by atoms with Gasteiger partial charge in [-0.2, -0.15) is 0 Å². The first kappa shape index (κ1) is 18.4. The molecule has 1 aromatic carbocycles. The van der Waals surface area contributed by atoms with Crippen LogP contribution in [-0.4, -0.2) is 55.4 Å². The van der Waals surface area contributed by atoms with Gasteiger partial charge < -0.3 is 14.7 Å². The van der Waals surface area contributed by atoms with Crippen molar-refractivity contribution in [2.45, 2.75) is 25.4 Å². The number of hydrogen-bond donors (Lipinski definition) is 0. The third-order valence-corrected chi connectivity index (χ3v) is 4.83. The van der Waals surface area contributed by atoms with Crippen LogP contribution in [0.5, 0.6) is 0 Å². The largest absolute Gasteiger partial charge is 0.363 e. The van der Waals surface area contributed by atoms with Crippen LogP contribution in [-0.2, 0) is 6.54 Å². The maximum Gasteiger partial charge on any atom is 0.254 e. The second kappa shape index (κ2) is 7.87. The van der Waals surface area contributed by atoms with E-state index < -0.39 is 0 Å². The van der Waals surface area contributed by atoms with E-state index in [1.807, 2.05) is 62.4 Å². The molecule has 1 fully saturated rings. The van der Waals surface area contributed by atoms with Gasteiger partial charge in [-0.25, -0.2) is 4.98 Å². The Morgan fingerprint density at radius 3 is 2.54 bits per heavy atom. The minimum atomic E-state index is 0.118. The van der Waals surface area contributed by atoms with E-state index in [4.69, 9.17) is 0 Å². The average Bonchev–Trinajstić information content (AvgIpc) is 3.11. The molecule has 0 radical (unpaired) electrons. The molecule has 1 amide bonds. The zero-order valence-electron chi connectivity index (χ0n) is 16.1. The van der Waals surface area contributed by atoms with Gasteiger partial charge in [-0.05, 0) is 62.3 Å². The van der Waals surface area contributed by atoms with Gasteiger partial charge in [-0.3, -0.25) is 4.79 Å². The molecule has 0 saturated carbocycles. The Labute approximate surface area is 156 Å². The zero-order chi connectivity index (χ0) is 18.7. The van der Waals surface area contributed by atoms with Crippen molar-refractivity contribution < 1.29 is 4.79 Å². The summed E-state index contributed by atoms with van der Waals surface area (Å²) in [6.07, 6.45) is 3.87. The first-order chi connectivity index (χ1) is 12.5. The molecule has 1 aliphatic rings. The van der Waals surface area contributed by atoms with Gasteiger partial charge in [-0.15, -0.1) is 0 Å². The quantitative estimate of drug-likeness (QED) is 0.829. The van der Waals surface area contributed by atoms with E-state index in [0.717, 1.165) is 37.3 Å². The highest BCUT2D eigenvalue weighted by molar-refractivity contribution is 5.94. The summed E-state index contributed by atoms with van der Waals surface area (Å²) in [5.41, 5.74) is 3.15. The van der Waals surface area contributed by atoms with Gasteiger partial charge in [0.05, 0.1) is 6.04 Å². The smallest absolute Gasteiger partial charge is 0.254 e. The Kier molecular flexibility index (Phi) is 5.57. The molecule has 1 aromatic heterocycles. The van der Waals surface area contributed by atoms with Crippen molar-refractivity contribution in [2.75, 3.05) is 39.6 Å². The lowest BCUT2D eigenvalue weighted by molar-refractivity contribution is 0.0735. The Morgan fingerprint density at radius 1 is 1.15 bits per heavy atom. The number of aromatic nitrogens is 1. The zero-order valence-corrected chi connectivity index (χ0v) is 16.1. The Balaban J connectivity index is 1.79. The molecule has 0 N–H and O–H groups in total. The Morgan fingerprint density at radius 2 is 1.88 bits per heavy atom. The van der Waals surface area contributed by atoms with Crippen molar-refractivity contribution in [2.24, 2.45) is 0 Å². The van der Waals surface area contributed by atoms with E-state index in [-0.39, 0.29) is 11.9 Å². The number of carbonyl (C=O) groups excluding carboxylic acids is 1. The van der Waals surface area contributed by atoms with Gasteiger partial charge in [0.15, 0.2) is 0 Å². The fraction of sp³-hybridized carbons (Fsp3) is 0.429. The van der Waals surface area contributed by atoms with E-state index >= 15 is 0 Å². The summed E-state index contributed by atoms with van der Waals surface area (Å²) >= 11 is 0. The SMILES string of the molecule is CN(C)Cc1ccc(C(=O)N2CCC[C@H]2c2ccnc(N(C)C)c2)cc1. The van der Waals surface area contributed by atoms with Crippen molar-refractivity contribution in [3.8, 4) is 0 Å². The highest BCUT2D eigenvalue weighted by Gasteiger charge is 2.30. The minimum Gasteiger partial charge on any atom is -0.363 e. The van der Waals surface area contributed by atoms with Crippen LogP contribution < -0.4 is 4.90 Å². The second-order valence-electron chi connectivity index (χ2n) is 7.43. The molecule has 0 unspecified atom stereocenters. The molecule has 5 heteroatoms. The van der Waals surface area contributed by atoms with Crippen LogP contribution in [0, 0.1) is 0 Å². The predicted octanol–water partition coefficient (Wildman–Crippen LogP) is 3.19. The molecule has 138 valence electrons. The molecule has 1 saturated heterocycles. The number of likely N-dealkylation sites (tertiary alicyclic amines) is 1. The molecule has 2 heterocycles. The van der Waals surface area contributed by atoms with Crippen molar-refractivity contribution in [3.63, 3.8) is 0 Å². The molecule has 0 bridgehead atoms. The van der Waals surface area contributed by atoms with Crippen molar-refractivity contribution in [1.29, 1.82) is 0 Å². The fourth-order valence-electron chi connectivity index (χ4n) is 3.53. The topological polar surface area (TPSA) is 39.7 Å². The van der Waals surface area contributed by atoms with E-state index in [0.29, 0.717) is 0 Å². The number of amides is 1. The molecule has 26 heavy (non-hydrogen) atoms. The maximum atomic E-state index is 13.1. The number of rotatable bonds is 5. The summed E-state index contributed by atoms with van der Waals surface area (Å²) in [5.74, 6) is 1.04. The van der Waals surface area contributed by atoms with Gasteiger partial charge in [0.1, 0.15) is 5.82 Å². The van der Waals surface area contributed by atoms with Crippen LogP contribution in [0.15, 0.2) is 42.6 Å². The van der Waals surface area contributed by atoms with Crippen LogP contribution in [0.2, 0.25) is 0 Å². The molecule has 2 aromatic rings. The van der Waals surface area contributed by atoms with E-state index in [1.54, 1.807) is 0 Å². The van der Waals surface area contributed by atoms with Crippen molar-refractivity contribution in [3.05, 3.63) is 59.3 Å². The first-order valence-electron chi connectivity index (χ1n) is 9.13. The lowest BCUT2D eigenvalue weighted by Crippen LogP contribution is -2.30. The third-order valence-electron chi connectivity index (χ3n) is 4.83. The third kappa shape index (κ3) is 4.05. The van der Waals surface area contributed by atoms with Gasteiger partial charge in [0.2, 0.25) is 0 Å². The average molecular weight is 352 g/mol. The standard InChI is InChI=1S/C21H28N4O/c1-23(2)15-16-7-9-17(10-8-16)21(26)25-13-5-6-19(25)18-11-12-22-20(14-18)24(3)4/h7-12,14,19H,5-6,13,15H2,1-4H3/t19-/m0/s1. The van der Waals surface area contributed by atoms with Crippen LogP contribution in [0.4, 0.5) is 5.82 Å². The van der Waals surface area contributed by atoms with Crippen molar-refractivity contribution in [1.82, 2.24) is 14.8 Å². The van der Waals surface area contributed by atoms with E-state index in [2.05, 4.69) is 28.1 Å². The molecular weight excluding hydrogens is 324 g/mol. The lowest BCUT2D eigenvalue weighted by atomic mass is 10.0. The maximum absolute atomic E-state index is 13.1. The monoisotopic (exact) mass is 352 g/mol. The van der Waals surface area contributed by atoms with Gasteiger partial charge >= 0.3 is 0 Å². The number of carbonyl (C=O) groups is 1. The van der Waals surface area contributed by atoms with Crippen LogP contribution in [0.1, 0.15) is 40.4 Å². The number of benzene rings is 1. The lowest BCUT2D eigenvalue weighted by Gasteiger charge is -2.26. The molecule has 0 aliphatic carbocycles. The summed E-state index contributed by atoms with van der Waals surface area (Å²) < 4.78 is 0. The number of anilines is 1. The van der Waals surface area contributed by atoms with Crippen LogP contribution in [0.3, 0.4) is 0 Å². The highest BCUT2D eigenvalue weighted by atomic mass is 16.2. The van der Waals surface area contributed by atoms with Gasteiger partial charge in [-0.1, -0.05) is 12.1 Å². The van der Waals surface area contributed by atoms with E-state index in [1.165, 1.54) is 11.1 Å². The predicted molar refractivity (Wildman–Crippen MR) is 105 cm³/mol. The summed E-state index contributed by atoms with van der Waals surface area (Å²) in [7, 11) is 8.06. The Hall–Kier alpha value is -2.40. The number of pyridine rings is 1. The minimum absolute atomic E-state index is 0.118. The summed E-state index contributed by atoms with van der Waals surface area (Å²) in [6, 6.07) is 12.3. The van der Waals surface area contributed by atoms with Crippen molar-refractivity contribution >= 4 is 11.7 Å². The normalized spacial score (nSPS) is 17.0. The highest BCUT2D eigenvalue weighted by Crippen LogP contribution is 2.34. The molecular formula is C21H28N4O. The summed E-state index contributed by atoms with van der Waals surface area (Å²) in [5, 5.41) is 0. The summed E-state index contributed by atoms with van der Waals surface area (Å²) in [4.78, 5) is 23.6. The van der Waals surface area contributed by atoms with E-state index in [9.17, 15) is 4.79 Å². The molecule has 1 aliphatic heterocycles. The second-order valence-corrected chi connectivity index (χ2v) is 7.43. The van der Waals surface area contributed by atoms with Gasteiger partial charge in [0, 0.05) is 38.9 Å². The number of hydrogen-bond acceptors (Lipinski definition) is 4. The Bertz CT molecular complexity index is 755. The van der Waals surface area contributed by atoms with Gasteiger partial charge in [0.25, 0.3) is 5.91 Å². The first-order valence-corrected chi connectivity index (χ1v) is 9.13.